The predicted octanol–water partition coefficient (Wildman–Crippen LogP) is 1.23. The van der Waals surface area contributed by atoms with Gasteiger partial charge in [0.05, 0.1) is 59.0 Å². The molecule has 3 aliphatic rings. The Morgan fingerprint density at radius 2 is 1.75 bits per heavy atom. The van der Waals surface area contributed by atoms with E-state index in [2.05, 4.69) is 19.2 Å². The minimum atomic E-state index is 0.0685. The van der Waals surface area contributed by atoms with Gasteiger partial charge in [-0.2, -0.15) is 0 Å². The van der Waals surface area contributed by atoms with Crippen LogP contribution in [0.4, 0.5) is 0 Å². The Hall–Kier alpha value is -0.240. The van der Waals surface area contributed by atoms with Crippen LogP contribution in [0, 0.1) is 10.8 Å². The number of hydrogen-bond acceptors (Lipinski definition) is 6. The molecule has 3 rings (SSSR count). The van der Waals surface area contributed by atoms with Gasteiger partial charge in [0, 0.05) is 23.9 Å². The Labute approximate surface area is 145 Å². The first kappa shape index (κ1) is 18.5. The van der Waals surface area contributed by atoms with E-state index >= 15 is 0 Å². The van der Waals surface area contributed by atoms with Crippen molar-refractivity contribution in [3.05, 3.63) is 0 Å². The van der Waals surface area contributed by atoms with Gasteiger partial charge in [-0.1, -0.05) is 13.8 Å². The van der Waals surface area contributed by atoms with E-state index in [4.69, 9.17) is 23.7 Å². The molecule has 3 saturated heterocycles. The van der Waals surface area contributed by atoms with E-state index in [1.807, 2.05) is 0 Å². The second-order valence-corrected chi connectivity index (χ2v) is 7.75. The molecule has 3 fully saturated rings. The summed E-state index contributed by atoms with van der Waals surface area (Å²) in [6.07, 6.45) is 2.61. The molecule has 0 radical (unpaired) electrons. The lowest BCUT2D eigenvalue weighted by atomic mass is 9.83. The van der Waals surface area contributed by atoms with Crippen LogP contribution in [-0.2, 0) is 23.7 Å². The third-order valence-corrected chi connectivity index (χ3v) is 5.64. The molecule has 0 aromatic carbocycles. The van der Waals surface area contributed by atoms with Crippen LogP contribution >= 0.6 is 0 Å². The molecule has 0 saturated carbocycles. The number of rotatable bonds is 13. The summed E-state index contributed by atoms with van der Waals surface area (Å²) < 4.78 is 28.0. The molecular weight excluding hydrogens is 310 g/mol. The molecule has 0 aromatic heterocycles. The van der Waals surface area contributed by atoms with Crippen LogP contribution < -0.4 is 5.32 Å². The summed E-state index contributed by atoms with van der Waals surface area (Å²) in [6.45, 7) is 12.5. The lowest BCUT2D eigenvalue weighted by molar-refractivity contribution is -0.158. The van der Waals surface area contributed by atoms with Gasteiger partial charge in [0.15, 0.2) is 0 Å². The van der Waals surface area contributed by atoms with Crippen molar-refractivity contribution in [3.8, 4) is 0 Å². The zero-order valence-electron chi connectivity index (χ0n) is 15.2. The fourth-order valence-corrected chi connectivity index (χ4v) is 3.08. The standard InChI is InChI=1S/C18H33NO5/c1-3-17(10-21-11-17)9-19-5-15(23-7-16-8-24-16)6-20-12-18(4-2)13-22-14-18/h15-16,19H,3-14H2,1-2H3. The van der Waals surface area contributed by atoms with Crippen molar-refractivity contribution in [3.63, 3.8) is 0 Å². The van der Waals surface area contributed by atoms with Crippen LogP contribution in [0.25, 0.3) is 0 Å². The van der Waals surface area contributed by atoms with Crippen LogP contribution in [0.1, 0.15) is 26.7 Å². The molecule has 2 atom stereocenters. The minimum absolute atomic E-state index is 0.0685. The summed E-state index contributed by atoms with van der Waals surface area (Å²) in [4.78, 5) is 0. The maximum atomic E-state index is 5.99. The van der Waals surface area contributed by atoms with E-state index in [9.17, 15) is 0 Å². The first-order valence-electron chi connectivity index (χ1n) is 9.36. The molecule has 24 heavy (non-hydrogen) atoms. The molecule has 0 amide bonds. The van der Waals surface area contributed by atoms with Gasteiger partial charge < -0.3 is 29.0 Å². The molecule has 3 heterocycles. The molecule has 3 aliphatic heterocycles. The fraction of sp³-hybridized carbons (Fsp3) is 1.00. The van der Waals surface area contributed by atoms with Crippen molar-refractivity contribution in [1.29, 1.82) is 0 Å². The summed E-state index contributed by atoms with van der Waals surface area (Å²) in [5.41, 5.74) is 0.549. The number of epoxide rings is 1. The topological polar surface area (TPSA) is 61.5 Å². The highest BCUT2D eigenvalue weighted by Crippen LogP contribution is 2.31. The molecule has 140 valence electrons. The molecular formula is C18H33NO5. The monoisotopic (exact) mass is 343 g/mol. The molecule has 0 bridgehead atoms. The van der Waals surface area contributed by atoms with Gasteiger partial charge in [-0.15, -0.1) is 0 Å². The highest BCUT2D eigenvalue weighted by atomic mass is 16.6. The smallest absolute Gasteiger partial charge is 0.104 e. The summed E-state index contributed by atoms with van der Waals surface area (Å²) in [5.74, 6) is 0. The third-order valence-electron chi connectivity index (χ3n) is 5.64. The van der Waals surface area contributed by atoms with Crippen molar-refractivity contribution >= 4 is 0 Å². The van der Waals surface area contributed by atoms with Crippen LogP contribution in [0.15, 0.2) is 0 Å². The fourth-order valence-electron chi connectivity index (χ4n) is 3.08. The Bertz CT molecular complexity index is 341. The Morgan fingerprint density at radius 1 is 1.08 bits per heavy atom. The van der Waals surface area contributed by atoms with Gasteiger partial charge in [-0.05, 0) is 12.8 Å². The molecule has 6 heteroatoms. The average Bonchev–Trinajstić information content (AvgIpc) is 3.33. The molecule has 2 unspecified atom stereocenters. The predicted molar refractivity (Wildman–Crippen MR) is 90.3 cm³/mol. The van der Waals surface area contributed by atoms with Crippen LogP contribution in [-0.4, -0.2) is 78.2 Å². The maximum Gasteiger partial charge on any atom is 0.104 e. The second kappa shape index (κ2) is 8.43. The van der Waals surface area contributed by atoms with E-state index in [1.165, 1.54) is 0 Å². The van der Waals surface area contributed by atoms with Gasteiger partial charge in [0.25, 0.3) is 0 Å². The van der Waals surface area contributed by atoms with E-state index < -0.39 is 0 Å². The normalized spacial score (nSPS) is 28.0. The van der Waals surface area contributed by atoms with Gasteiger partial charge in [-0.25, -0.2) is 0 Å². The minimum Gasteiger partial charge on any atom is -0.380 e. The van der Waals surface area contributed by atoms with E-state index in [0.717, 1.165) is 65.6 Å². The summed E-state index contributed by atoms with van der Waals surface area (Å²) in [6, 6.07) is 0. The largest absolute Gasteiger partial charge is 0.380 e. The summed E-state index contributed by atoms with van der Waals surface area (Å²) in [5, 5.41) is 3.56. The van der Waals surface area contributed by atoms with Gasteiger partial charge >= 0.3 is 0 Å². The average molecular weight is 343 g/mol. The highest BCUT2D eigenvalue weighted by Gasteiger charge is 2.38. The van der Waals surface area contributed by atoms with Crippen LogP contribution in [0.2, 0.25) is 0 Å². The maximum absolute atomic E-state index is 5.99. The molecule has 6 nitrogen and oxygen atoms in total. The first-order valence-corrected chi connectivity index (χ1v) is 9.36. The SMILES string of the molecule is CCC1(CNCC(COCC2(CC)COC2)OCC2CO2)COC1. The Kier molecular flexibility index (Phi) is 6.51. The highest BCUT2D eigenvalue weighted by molar-refractivity contribution is 4.87. The van der Waals surface area contributed by atoms with Gasteiger partial charge in [0.1, 0.15) is 6.10 Å². The van der Waals surface area contributed by atoms with Crippen LogP contribution in [0.5, 0.6) is 0 Å². The van der Waals surface area contributed by atoms with Crippen molar-refractivity contribution in [2.24, 2.45) is 10.8 Å². The third kappa shape index (κ3) is 4.90. The summed E-state index contributed by atoms with van der Waals surface area (Å²) in [7, 11) is 0. The lowest BCUT2D eigenvalue weighted by Gasteiger charge is -2.41. The van der Waals surface area contributed by atoms with E-state index in [0.29, 0.717) is 18.6 Å². The van der Waals surface area contributed by atoms with Crippen molar-refractivity contribution in [2.45, 2.75) is 38.9 Å². The molecule has 0 aliphatic carbocycles. The quantitative estimate of drug-likeness (QED) is 0.508. The molecule has 0 spiro atoms. The molecule has 0 aromatic rings. The Balaban J connectivity index is 1.36. The Morgan fingerprint density at radius 3 is 2.25 bits per heavy atom. The number of nitrogens with one attached hydrogen (secondary N) is 1. The van der Waals surface area contributed by atoms with Gasteiger partial charge in [0.2, 0.25) is 0 Å². The number of hydrogen-bond donors (Lipinski definition) is 1. The van der Waals surface area contributed by atoms with E-state index in [1.54, 1.807) is 0 Å². The van der Waals surface area contributed by atoms with E-state index in [-0.39, 0.29) is 17.6 Å². The van der Waals surface area contributed by atoms with Crippen molar-refractivity contribution < 1.29 is 23.7 Å². The number of ether oxygens (including phenoxy) is 5. The van der Waals surface area contributed by atoms with Crippen LogP contribution in [0.3, 0.4) is 0 Å². The van der Waals surface area contributed by atoms with Gasteiger partial charge in [-0.3, -0.25) is 0 Å². The summed E-state index contributed by atoms with van der Waals surface area (Å²) >= 11 is 0. The first-order chi connectivity index (χ1) is 11.7. The zero-order chi connectivity index (χ0) is 16.9. The lowest BCUT2D eigenvalue weighted by Crippen LogP contribution is -2.51. The van der Waals surface area contributed by atoms with Crippen molar-refractivity contribution in [1.82, 2.24) is 5.32 Å². The van der Waals surface area contributed by atoms with Crippen molar-refractivity contribution in [2.75, 3.05) is 65.9 Å². The zero-order valence-corrected chi connectivity index (χ0v) is 15.2. The second-order valence-electron chi connectivity index (χ2n) is 7.75. The molecule has 1 N–H and O–H groups in total.